The van der Waals surface area contributed by atoms with Gasteiger partial charge in [-0.3, -0.25) is 4.79 Å². The van der Waals surface area contributed by atoms with Gasteiger partial charge in [-0.05, 0) is 11.6 Å². The number of carbonyl (C=O) groups is 1. The SMILES string of the molecule is O=C(O)Cc1csc(Cc2ccccc2F)n1. The number of halogens is 1. The van der Waals surface area contributed by atoms with Crippen molar-refractivity contribution in [1.82, 2.24) is 4.98 Å². The lowest BCUT2D eigenvalue weighted by atomic mass is 10.1. The van der Waals surface area contributed by atoms with E-state index in [4.69, 9.17) is 5.11 Å². The maximum absolute atomic E-state index is 13.4. The maximum Gasteiger partial charge on any atom is 0.309 e. The number of aromatic nitrogens is 1. The van der Waals surface area contributed by atoms with Gasteiger partial charge in [0.05, 0.1) is 17.1 Å². The molecular formula is C12H10FNO2S. The Bertz CT molecular complexity index is 539. The molecule has 0 aliphatic carbocycles. The van der Waals surface area contributed by atoms with Crippen LogP contribution < -0.4 is 0 Å². The molecular weight excluding hydrogens is 241 g/mol. The molecule has 88 valence electrons. The van der Waals surface area contributed by atoms with Crippen LogP contribution in [0.15, 0.2) is 29.6 Å². The fourth-order valence-electron chi connectivity index (χ4n) is 1.47. The first kappa shape index (κ1) is 11.7. The second kappa shape index (κ2) is 5.05. The van der Waals surface area contributed by atoms with Crippen LogP contribution in [0.2, 0.25) is 0 Å². The summed E-state index contributed by atoms with van der Waals surface area (Å²) in [5.41, 5.74) is 1.09. The van der Waals surface area contributed by atoms with Gasteiger partial charge in [-0.15, -0.1) is 11.3 Å². The molecule has 1 aromatic carbocycles. The minimum Gasteiger partial charge on any atom is -0.481 e. The third kappa shape index (κ3) is 3.10. The zero-order valence-corrected chi connectivity index (χ0v) is 9.71. The Morgan fingerprint density at radius 3 is 2.88 bits per heavy atom. The van der Waals surface area contributed by atoms with Crippen LogP contribution in [0.25, 0.3) is 0 Å². The van der Waals surface area contributed by atoms with Crippen molar-refractivity contribution in [2.45, 2.75) is 12.8 Å². The molecule has 0 saturated carbocycles. The summed E-state index contributed by atoms with van der Waals surface area (Å²) in [6, 6.07) is 6.51. The highest BCUT2D eigenvalue weighted by molar-refractivity contribution is 7.09. The van der Waals surface area contributed by atoms with E-state index < -0.39 is 5.97 Å². The number of rotatable bonds is 4. The van der Waals surface area contributed by atoms with E-state index in [9.17, 15) is 9.18 Å². The fourth-order valence-corrected chi connectivity index (χ4v) is 2.29. The molecule has 1 N–H and O–H groups in total. The van der Waals surface area contributed by atoms with Crippen LogP contribution in [0, 0.1) is 5.82 Å². The van der Waals surface area contributed by atoms with Crippen LogP contribution in [0.1, 0.15) is 16.3 Å². The fraction of sp³-hybridized carbons (Fsp3) is 0.167. The first-order valence-electron chi connectivity index (χ1n) is 5.03. The molecule has 0 aliphatic heterocycles. The molecule has 0 spiro atoms. The quantitative estimate of drug-likeness (QED) is 0.908. The lowest BCUT2D eigenvalue weighted by molar-refractivity contribution is -0.136. The van der Waals surface area contributed by atoms with Gasteiger partial charge in [0.25, 0.3) is 0 Å². The smallest absolute Gasteiger partial charge is 0.309 e. The van der Waals surface area contributed by atoms with Crippen molar-refractivity contribution in [3.8, 4) is 0 Å². The van der Waals surface area contributed by atoms with Crippen molar-refractivity contribution in [2.75, 3.05) is 0 Å². The Morgan fingerprint density at radius 2 is 2.18 bits per heavy atom. The van der Waals surface area contributed by atoms with Gasteiger partial charge >= 0.3 is 5.97 Å². The molecule has 0 unspecified atom stereocenters. The highest BCUT2D eigenvalue weighted by atomic mass is 32.1. The molecule has 5 heteroatoms. The van der Waals surface area contributed by atoms with E-state index >= 15 is 0 Å². The summed E-state index contributed by atoms with van der Waals surface area (Å²) in [5, 5.41) is 11.0. The summed E-state index contributed by atoms with van der Waals surface area (Å²) in [5.74, 6) is -1.17. The molecule has 0 aliphatic rings. The summed E-state index contributed by atoms with van der Waals surface area (Å²) in [7, 11) is 0. The zero-order chi connectivity index (χ0) is 12.3. The number of carboxylic acids is 1. The van der Waals surface area contributed by atoms with Crippen molar-refractivity contribution in [1.29, 1.82) is 0 Å². The minimum absolute atomic E-state index is 0.0895. The van der Waals surface area contributed by atoms with Gasteiger partial charge in [0.1, 0.15) is 5.82 Å². The Balaban J connectivity index is 2.12. The van der Waals surface area contributed by atoms with Gasteiger partial charge in [-0.1, -0.05) is 18.2 Å². The van der Waals surface area contributed by atoms with Crippen LogP contribution in [-0.4, -0.2) is 16.1 Å². The number of hydrogen-bond acceptors (Lipinski definition) is 3. The Labute approximate surface area is 102 Å². The predicted octanol–water partition coefficient (Wildman–Crippen LogP) is 2.50. The van der Waals surface area contributed by atoms with Gasteiger partial charge in [-0.2, -0.15) is 0 Å². The normalized spacial score (nSPS) is 10.4. The maximum atomic E-state index is 13.4. The molecule has 0 fully saturated rings. The van der Waals surface area contributed by atoms with Crippen molar-refractivity contribution in [2.24, 2.45) is 0 Å². The summed E-state index contributed by atoms with van der Waals surface area (Å²) >= 11 is 1.35. The molecule has 0 radical (unpaired) electrons. The molecule has 2 rings (SSSR count). The van der Waals surface area contributed by atoms with E-state index in [1.165, 1.54) is 17.4 Å². The van der Waals surface area contributed by atoms with Crippen molar-refractivity contribution < 1.29 is 14.3 Å². The van der Waals surface area contributed by atoms with Gasteiger partial charge in [-0.25, -0.2) is 9.37 Å². The van der Waals surface area contributed by atoms with Crippen LogP contribution in [0.4, 0.5) is 4.39 Å². The van der Waals surface area contributed by atoms with Crippen LogP contribution >= 0.6 is 11.3 Å². The second-order valence-corrected chi connectivity index (χ2v) is 4.51. The molecule has 3 nitrogen and oxygen atoms in total. The number of hydrogen-bond donors (Lipinski definition) is 1. The first-order chi connectivity index (χ1) is 8.15. The van der Waals surface area contributed by atoms with E-state index in [1.807, 2.05) is 0 Å². The molecule has 0 saturated heterocycles. The van der Waals surface area contributed by atoms with Crippen LogP contribution in [0.3, 0.4) is 0 Å². The monoisotopic (exact) mass is 251 g/mol. The zero-order valence-electron chi connectivity index (χ0n) is 8.89. The molecule has 17 heavy (non-hydrogen) atoms. The summed E-state index contributed by atoms with van der Waals surface area (Å²) in [6.45, 7) is 0. The lowest BCUT2D eigenvalue weighted by Crippen LogP contribution is -2.00. The molecule has 1 aromatic heterocycles. The van der Waals surface area contributed by atoms with E-state index in [1.54, 1.807) is 23.6 Å². The number of thiazole rings is 1. The van der Waals surface area contributed by atoms with Crippen LogP contribution in [0.5, 0.6) is 0 Å². The summed E-state index contributed by atoms with van der Waals surface area (Å²) in [4.78, 5) is 14.7. The number of aliphatic carboxylic acids is 1. The van der Waals surface area contributed by atoms with Crippen molar-refractivity contribution in [3.05, 3.63) is 51.7 Å². The van der Waals surface area contributed by atoms with E-state index in [0.717, 1.165) is 5.01 Å². The van der Waals surface area contributed by atoms with E-state index in [0.29, 0.717) is 17.7 Å². The van der Waals surface area contributed by atoms with E-state index in [-0.39, 0.29) is 12.2 Å². The Hall–Kier alpha value is -1.75. The topological polar surface area (TPSA) is 50.2 Å². The summed E-state index contributed by atoms with van der Waals surface area (Å²) in [6.07, 6.45) is 0.310. The van der Waals surface area contributed by atoms with E-state index in [2.05, 4.69) is 4.98 Å². The standard InChI is InChI=1S/C12H10FNO2S/c13-10-4-2-1-3-8(10)5-11-14-9(7-17-11)6-12(15)16/h1-4,7H,5-6H2,(H,15,16). The highest BCUT2D eigenvalue weighted by Gasteiger charge is 2.08. The summed E-state index contributed by atoms with van der Waals surface area (Å²) < 4.78 is 13.4. The van der Waals surface area contributed by atoms with Gasteiger partial charge in [0, 0.05) is 11.8 Å². The average Bonchev–Trinajstić information content (AvgIpc) is 2.68. The molecule has 2 aromatic rings. The highest BCUT2D eigenvalue weighted by Crippen LogP contribution is 2.17. The van der Waals surface area contributed by atoms with Gasteiger partial charge in [0.15, 0.2) is 0 Å². The predicted molar refractivity (Wildman–Crippen MR) is 62.7 cm³/mol. The van der Waals surface area contributed by atoms with Gasteiger partial charge in [0.2, 0.25) is 0 Å². The number of carboxylic acid groups (broad SMARTS) is 1. The average molecular weight is 251 g/mol. The molecule has 0 atom stereocenters. The lowest BCUT2D eigenvalue weighted by Gasteiger charge is -1.99. The second-order valence-electron chi connectivity index (χ2n) is 3.57. The first-order valence-corrected chi connectivity index (χ1v) is 5.91. The number of benzene rings is 1. The molecule has 0 bridgehead atoms. The third-order valence-electron chi connectivity index (χ3n) is 2.23. The Kier molecular flexibility index (Phi) is 3.49. The molecule has 1 heterocycles. The largest absolute Gasteiger partial charge is 0.481 e. The minimum atomic E-state index is -0.909. The van der Waals surface area contributed by atoms with Gasteiger partial charge < -0.3 is 5.11 Å². The Morgan fingerprint density at radius 1 is 1.41 bits per heavy atom. The molecule has 0 amide bonds. The number of nitrogens with zero attached hydrogens (tertiary/aromatic N) is 1. The van der Waals surface area contributed by atoms with Crippen molar-refractivity contribution in [3.63, 3.8) is 0 Å². The van der Waals surface area contributed by atoms with Crippen molar-refractivity contribution >= 4 is 17.3 Å². The third-order valence-corrected chi connectivity index (χ3v) is 3.13. The van der Waals surface area contributed by atoms with Crippen LogP contribution in [-0.2, 0) is 17.6 Å².